The molecule has 0 aliphatic heterocycles. The standard InChI is InChI=1S/C10H8F3O2/c11-7-5-8(12)10(9(13)6-7)15-4-2-1-3-14/h5-6H,1-2,4H2. The van der Waals surface area contributed by atoms with Crippen LogP contribution in [-0.2, 0) is 4.79 Å². The summed E-state index contributed by atoms with van der Waals surface area (Å²) >= 11 is 0. The molecule has 1 radical (unpaired) electrons. The fraction of sp³-hybridized carbons (Fsp3) is 0.300. The van der Waals surface area contributed by atoms with E-state index in [2.05, 4.69) is 0 Å². The first-order valence-electron chi connectivity index (χ1n) is 4.27. The Morgan fingerprint density at radius 1 is 1.20 bits per heavy atom. The Balaban J connectivity index is 2.64. The van der Waals surface area contributed by atoms with Crippen molar-refractivity contribution in [1.82, 2.24) is 0 Å². The second-order valence-corrected chi connectivity index (χ2v) is 2.79. The van der Waals surface area contributed by atoms with Crippen molar-refractivity contribution in [2.24, 2.45) is 0 Å². The molecule has 0 aliphatic carbocycles. The Bertz CT molecular complexity index is 330. The first-order chi connectivity index (χ1) is 7.15. The number of halogens is 3. The van der Waals surface area contributed by atoms with Gasteiger partial charge in [0.25, 0.3) is 0 Å². The molecule has 1 rings (SSSR count). The maximum Gasteiger partial charge on any atom is 0.198 e. The third-order valence-electron chi connectivity index (χ3n) is 1.63. The van der Waals surface area contributed by atoms with Crippen LogP contribution < -0.4 is 4.74 Å². The Morgan fingerprint density at radius 3 is 2.33 bits per heavy atom. The van der Waals surface area contributed by atoms with Gasteiger partial charge < -0.3 is 4.74 Å². The lowest BCUT2D eigenvalue weighted by Crippen LogP contribution is -2.02. The molecule has 5 heteroatoms. The van der Waals surface area contributed by atoms with Crippen molar-refractivity contribution in [1.29, 1.82) is 0 Å². The monoisotopic (exact) mass is 217 g/mol. The minimum atomic E-state index is -1.09. The van der Waals surface area contributed by atoms with Gasteiger partial charge in [-0.05, 0) is 6.42 Å². The molecular formula is C10H8F3O2. The van der Waals surface area contributed by atoms with Crippen LogP contribution in [0.15, 0.2) is 12.1 Å². The molecule has 0 saturated carbocycles. The zero-order chi connectivity index (χ0) is 11.3. The molecule has 0 amide bonds. The molecule has 0 aromatic heterocycles. The van der Waals surface area contributed by atoms with Gasteiger partial charge in [0.05, 0.1) is 6.61 Å². The predicted octanol–water partition coefficient (Wildman–Crippen LogP) is 2.37. The summed E-state index contributed by atoms with van der Waals surface area (Å²) in [6, 6.07) is 1.06. The largest absolute Gasteiger partial charge is 0.488 e. The molecule has 2 nitrogen and oxygen atoms in total. The van der Waals surface area contributed by atoms with Crippen LogP contribution in [0.25, 0.3) is 0 Å². The van der Waals surface area contributed by atoms with Crippen LogP contribution in [0.1, 0.15) is 12.8 Å². The van der Waals surface area contributed by atoms with Gasteiger partial charge in [-0.2, -0.15) is 0 Å². The van der Waals surface area contributed by atoms with Gasteiger partial charge in [-0.1, -0.05) is 0 Å². The van der Waals surface area contributed by atoms with Crippen molar-refractivity contribution in [3.05, 3.63) is 29.6 Å². The summed E-state index contributed by atoms with van der Waals surface area (Å²) in [5.74, 6) is -3.81. The number of carbonyl (C=O) groups excluding carboxylic acids is 1. The fourth-order valence-electron chi connectivity index (χ4n) is 0.985. The summed E-state index contributed by atoms with van der Waals surface area (Å²) in [6.07, 6.45) is 2.05. The summed E-state index contributed by atoms with van der Waals surface area (Å²) in [7, 11) is 0. The number of ether oxygens (including phenoxy) is 1. The Hall–Kier alpha value is -1.52. The van der Waals surface area contributed by atoms with Crippen molar-refractivity contribution in [3.63, 3.8) is 0 Å². The molecule has 0 N–H and O–H groups in total. The average molecular weight is 217 g/mol. The predicted molar refractivity (Wildman–Crippen MR) is 46.7 cm³/mol. The minimum absolute atomic E-state index is 0.0191. The summed E-state index contributed by atoms with van der Waals surface area (Å²) in [4.78, 5) is 9.82. The van der Waals surface area contributed by atoms with E-state index < -0.39 is 23.2 Å². The average Bonchev–Trinajstić information content (AvgIpc) is 2.15. The highest BCUT2D eigenvalue weighted by atomic mass is 19.1. The van der Waals surface area contributed by atoms with E-state index in [1.807, 2.05) is 0 Å². The van der Waals surface area contributed by atoms with E-state index in [1.165, 1.54) is 0 Å². The van der Waals surface area contributed by atoms with Gasteiger partial charge in [-0.15, -0.1) is 0 Å². The number of unbranched alkanes of at least 4 members (excludes halogenated alkanes) is 1. The number of benzene rings is 1. The van der Waals surface area contributed by atoms with Gasteiger partial charge in [0.15, 0.2) is 23.7 Å². The number of hydrogen-bond acceptors (Lipinski definition) is 2. The molecule has 0 fully saturated rings. The van der Waals surface area contributed by atoms with Gasteiger partial charge in [-0.25, -0.2) is 13.2 Å². The second kappa shape index (κ2) is 5.38. The normalized spacial score (nSPS) is 10.1. The molecule has 1 aromatic carbocycles. The van der Waals surface area contributed by atoms with Crippen molar-refractivity contribution >= 4 is 6.29 Å². The highest BCUT2D eigenvalue weighted by Gasteiger charge is 2.12. The maximum absolute atomic E-state index is 12.9. The zero-order valence-corrected chi connectivity index (χ0v) is 7.73. The van der Waals surface area contributed by atoms with Crippen LogP contribution in [0.4, 0.5) is 13.2 Å². The molecule has 0 unspecified atom stereocenters. The van der Waals surface area contributed by atoms with E-state index in [0.717, 1.165) is 0 Å². The molecule has 0 atom stereocenters. The van der Waals surface area contributed by atoms with Gasteiger partial charge in [0.1, 0.15) is 5.82 Å². The first-order valence-corrected chi connectivity index (χ1v) is 4.27. The van der Waals surface area contributed by atoms with Crippen LogP contribution in [0.3, 0.4) is 0 Å². The number of rotatable bonds is 5. The smallest absolute Gasteiger partial charge is 0.198 e. The molecule has 0 bridgehead atoms. The van der Waals surface area contributed by atoms with E-state index in [4.69, 9.17) is 4.74 Å². The second-order valence-electron chi connectivity index (χ2n) is 2.79. The van der Waals surface area contributed by atoms with Gasteiger partial charge >= 0.3 is 0 Å². The summed E-state index contributed by atoms with van der Waals surface area (Å²) in [5.41, 5.74) is 0. The minimum Gasteiger partial charge on any atom is -0.488 e. The van der Waals surface area contributed by atoms with Crippen molar-refractivity contribution < 1.29 is 22.7 Å². The zero-order valence-electron chi connectivity index (χ0n) is 7.73. The molecule has 0 saturated heterocycles. The lowest BCUT2D eigenvalue weighted by molar-refractivity contribution is 0.279. The highest BCUT2D eigenvalue weighted by molar-refractivity contribution is 5.50. The highest BCUT2D eigenvalue weighted by Crippen LogP contribution is 2.22. The van der Waals surface area contributed by atoms with Crippen LogP contribution in [0, 0.1) is 17.5 Å². The summed E-state index contributed by atoms with van der Waals surface area (Å²) in [5, 5.41) is 0. The third-order valence-corrected chi connectivity index (χ3v) is 1.63. The number of hydrogen-bond donors (Lipinski definition) is 0. The maximum atomic E-state index is 12.9. The fourth-order valence-corrected chi connectivity index (χ4v) is 0.985. The molecule has 0 heterocycles. The van der Waals surface area contributed by atoms with Gasteiger partial charge in [-0.3, -0.25) is 4.79 Å². The van der Waals surface area contributed by atoms with Crippen LogP contribution >= 0.6 is 0 Å². The molecule has 0 aliphatic rings. The van der Waals surface area contributed by atoms with E-state index >= 15 is 0 Å². The van der Waals surface area contributed by atoms with Crippen molar-refractivity contribution in [3.8, 4) is 5.75 Å². The molecule has 1 aromatic rings. The Kier molecular flexibility index (Phi) is 4.15. The van der Waals surface area contributed by atoms with Crippen LogP contribution in [-0.4, -0.2) is 12.9 Å². The lowest BCUT2D eigenvalue weighted by Gasteiger charge is -2.06. The SMILES string of the molecule is O=[C]CCCOc1c(F)cc(F)cc1F. The Morgan fingerprint density at radius 2 is 1.80 bits per heavy atom. The quantitative estimate of drug-likeness (QED) is 0.708. The van der Waals surface area contributed by atoms with Crippen LogP contribution in [0.2, 0.25) is 0 Å². The van der Waals surface area contributed by atoms with E-state index in [-0.39, 0.29) is 13.0 Å². The van der Waals surface area contributed by atoms with Gasteiger partial charge in [0.2, 0.25) is 0 Å². The first kappa shape index (κ1) is 11.6. The molecular weight excluding hydrogens is 209 g/mol. The third kappa shape index (κ3) is 3.27. The van der Waals surface area contributed by atoms with Crippen molar-refractivity contribution in [2.45, 2.75) is 12.8 Å². The lowest BCUT2D eigenvalue weighted by atomic mass is 10.3. The topological polar surface area (TPSA) is 26.3 Å². The van der Waals surface area contributed by atoms with Gasteiger partial charge in [0, 0.05) is 18.6 Å². The molecule has 0 spiro atoms. The summed E-state index contributed by atoms with van der Waals surface area (Å²) < 4.78 is 43.1. The molecule has 15 heavy (non-hydrogen) atoms. The van der Waals surface area contributed by atoms with Crippen LogP contribution in [0.5, 0.6) is 5.75 Å². The summed E-state index contributed by atoms with van der Waals surface area (Å²) in [6.45, 7) is -0.0191. The van der Waals surface area contributed by atoms with E-state index in [1.54, 1.807) is 6.29 Å². The van der Waals surface area contributed by atoms with E-state index in [0.29, 0.717) is 18.6 Å². The Labute approximate surface area is 84.7 Å². The molecule has 81 valence electrons. The van der Waals surface area contributed by atoms with E-state index in [9.17, 15) is 18.0 Å². The van der Waals surface area contributed by atoms with Crippen molar-refractivity contribution in [2.75, 3.05) is 6.61 Å².